The summed E-state index contributed by atoms with van der Waals surface area (Å²) in [7, 11) is 3.89. The second-order valence-electron chi connectivity index (χ2n) is 5.61. The van der Waals surface area contributed by atoms with Gasteiger partial charge in [0.05, 0.1) is 5.54 Å². The third-order valence-corrected chi connectivity index (χ3v) is 4.04. The Morgan fingerprint density at radius 3 is 2.55 bits per heavy atom. The van der Waals surface area contributed by atoms with Gasteiger partial charge >= 0.3 is 0 Å². The van der Waals surface area contributed by atoms with E-state index < -0.39 is 5.54 Å². The Kier molecular flexibility index (Phi) is 6.02. The molecule has 1 rings (SSSR count). The number of carbonyl (C=O) groups is 1. The van der Waals surface area contributed by atoms with E-state index in [-0.39, 0.29) is 5.91 Å². The highest BCUT2D eigenvalue weighted by Gasteiger charge is 2.27. The van der Waals surface area contributed by atoms with Crippen molar-refractivity contribution in [2.45, 2.75) is 38.6 Å². The fraction of sp³-hybridized carbons (Fsp3) is 0.562. The number of nitrogens with zero attached hydrogens (tertiary/aromatic N) is 1. The Balaban J connectivity index is 2.42. The molecule has 4 nitrogen and oxygen atoms in total. The van der Waals surface area contributed by atoms with Crippen LogP contribution < -0.4 is 16.0 Å². The van der Waals surface area contributed by atoms with Gasteiger partial charge in [0.2, 0.25) is 5.91 Å². The summed E-state index contributed by atoms with van der Waals surface area (Å²) in [6, 6.07) is 8.37. The molecule has 0 saturated heterocycles. The minimum absolute atomic E-state index is 0.285. The van der Waals surface area contributed by atoms with Crippen molar-refractivity contribution in [1.82, 2.24) is 5.32 Å². The Morgan fingerprint density at radius 2 is 2.00 bits per heavy atom. The summed E-state index contributed by atoms with van der Waals surface area (Å²) in [4.78, 5) is 13.7. The molecule has 0 radical (unpaired) electrons. The first kappa shape index (κ1) is 16.5. The largest absolute Gasteiger partial charge is 0.374 e. The third-order valence-electron chi connectivity index (χ3n) is 4.04. The van der Waals surface area contributed by atoms with Crippen LogP contribution in [0.1, 0.15) is 31.7 Å². The van der Waals surface area contributed by atoms with Gasteiger partial charge in [-0.3, -0.25) is 4.79 Å². The highest BCUT2D eigenvalue weighted by molar-refractivity contribution is 5.84. The molecule has 0 aliphatic heterocycles. The predicted octanol–water partition coefficient (Wildman–Crippen LogP) is 2.06. The summed E-state index contributed by atoms with van der Waals surface area (Å²) in [6.45, 7) is 4.96. The standard InChI is InChI=1S/C16H27N3O/c1-13-9-5-6-10-14(13)19(4)12-8-7-11-16(2,18-3)15(17)20/h5-6,9-10,18H,7-8,11-12H2,1-4H3,(H2,17,20). The average molecular weight is 277 g/mol. The molecule has 0 aromatic heterocycles. The molecule has 20 heavy (non-hydrogen) atoms. The average Bonchev–Trinajstić information content (AvgIpc) is 2.43. The number of unbranched alkanes of at least 4 members (excludes halogenated alkanes) is 1. The summed E-state index contributed by atoms with van der Waals surface area (Å²) in [5.74, 6) is -0.285. The lowest BCUT2D eigenvalue weighted by Crippen LogP contribution is -2.51. The number of anilines is 1. The molecular formula is C16H27N3O. The van der Waals surface area contributed by atoms with Crippen molar-refractivity contribution in [1.29, 1.82) is 0 Å². The van der Waals surface area contributed by atoms with Crippen molar-refractivity contribution in [3.8, 4) is 0 Å². The van der Waals surface area contributed by atoms with E-state index in [1.54, 1.807) is 7.05 Å². The van der Waals surface area contributed by atoms with Crippen LogP contribution in [0.15, 0.2) is 24.3 Å². The molecule has 1 aromatic rings. The Morgan fingerprint density at radius 1 is 1.35 bits per heavy atom. The zero-order chi connectivity index (χ0) is 15.2. The second kappa shape index (κ2) is 7.29. The molecule has 4 heteroatoms. The molecule has 1 unspecified atom stereocenters. The molecule has 0 bridgehead atoms. The van der Waals surface area contributed by atoms with Crippen LogP contribution in [-0.2, 0) is 4.79 Å². The molecule has 1 amide bonds. The summed E-state index contributed by atoms with van der Waals surface area (Å²) in [6.07, 6.45) is 2.77. The third kappa shape index (κ3) is 4.23. The number of benzene rings is 1. The molecule has 3 N–H and O–H groups in total. The van der Waals surface area contributed by atoms with Gasteiger partial charge in [-0.2, -0.15) is 0 Å². The van der Waals surface area contributed by atoms with Crippen LogP contribution in [0.25, 0.3) is 0 Å². The van der Waals surface area contributed by atoms with Crippen LogP contribution in [0.4, 0.5) is 5.69 Å². The molecule has 0 aliphatic carbocycles. The lowest BCUT2D eigenvalue weighted by molar-refractivity contribution is -0.123. The first-order valence-electron chi connectivity index (χ1n) is 7.16. The Labute approximate surface area is 122 Å². The van der Waals surface area contributed by atoms with Crippen LogP contribution >= 0.6 is 0 Å². The smallest absolute Gasteiger partial charge is 0.237 e. The number of carbonyl (C=O) groups excluding carboxylic acids is 1. The minimum atomic E-state index is -0.596. The van der Waals surface area contributed by atoms with Crippen molar-refractivity contribution in [2.24, 2.45) is 5.73 Å². The zero-order valence-electron chi connectivity index (χ0n) is 13.1. The van der Waals surface area contributed by atoms with Crippen LogP contribution in [0.2, 0.25) is 0 Å². The molecular weight excluding hydrogens is 250 g/mol. The molecule has 0 fully saturated rings. The van der Waals surface area contributed by atoms with E-state index >= 15 is 0 Å². The monoisotopic (exact) mass is 277 g/mol. The van der Waals surface area contributed by atoms with E-state index in [4.69, 9.17) is 5.73 Å². The van der Waals surface area contributed by atoms with E-state index in [0.29, 0.717) is 0 Å². The first-order valence-corrected chi connectivity index (χ1v) is 7.16. The van der Waals surface area contributed by atoms with E-state index in [0.717, 1.165) is 25.8 Å². The van der Waals surface area contributed by atoms with Crippen molar-refractivity contribution < 1.29 is 4.79 Å². The molecule has 0 saturated carbocycles. The van der Waals surface area contributed by atoms with Gasteiger partial charge in [-0.25, -0.2) is 0 Å². The van der Waals surface area contributed by atoms with Crippen LogP contribution in [0.5, 0.6) is 0 Å². The van der Waals surface area contributed by atoms with Gasteiger partial charge in [0.1, 0.15) is 0 Å². The van der Waals surface area contributed by atoms with Crippen molar-refractivity contribution in [3.05, 3.63) is 29.8 Å². The number of likely N-dealkylation sites (N-methyl/N-ethyl adjacent to an activating group) is 1. The summed E-state index contributed by atoms with van der Waals surface area (Å²) >= 11 is 0. The van der Waals surface area contributed by atoms with Crippen molar-refractivity contribution in [3.63, 3.8) is 0 Å². The Bertz CT molecular complexity index is 447. The number of hydrogen-bond donors (Lipinski definition) is 2. The van der Waals surface area contributed by atoms with Crippen molar-refractivity contribution >= 4 is 11.6 Å². The number of rotatable bonds is 8. The lowest BCUT2D eigenvalue weighted by atomic mass is 9.94. The van der Waals surface area contributed by atoms with Gasteiger partial charge < -0.3 is 16.0 Å². The van der Waals surface area contributed by atoms with Gasteiger partial charge in [0.15, 0.2) is 0 Å². The molecule has 0 spiro atoms. The second-order valence-corrected chi connectivity index (χ2v) is 5.61. The first-order chi connectivity index (χ1) is 9.40. The zero-order valence-corrected chi connectivity index (χ0v) is 13.1. The highest BCUT2D eigenvalue weighted by Crippen LogP contribution is 2.19. The summed E-state index contributed by atoms with van der Waals surface area (Å²) in [5.41, 5.74) is 7.37. The number of amides is 1. The Hall–Kier alpha value is -1.55. The highest BCUT2D eigenvalue weighted by atomic mass is 16.1. The lowest BCUT2D eigenvalue weighted by Gasteiger charge is -2.26. The normalized spacial score (nSPS) is 13.8. The molecule has 112 valence electrons. The number of aryl methyl sites for hydroxylation is 1. The summed E-state index contributed by atoms with van der Waals surface area (Å²) < 4.78 is 0. The maximum absolute atomic E-state index is 11.4. The number of para-hydroxylation sites is 1. The van der Waals surface area contributed by atoms with Gasteiger partial charge in [0, 0.05) is 19.3 Å². The van der Waals surface area contributed by atoms with E-state index in [1.807, 2.05) is 6.92 Å². The van der Waals surface area contributed by atoms with Gasteiger partial charge in [-0.15, -0.1) is 0 Å². The van der Waals surface area contributed by atoms with Crippen LogP contribution in [-0.4, -0.2) is 32.1 Å². The van der Waals surface area contributed by atoms with Gasteiger partial charge in [-0.1, -0.05) is 18.2 Å². The van der Waals surface area contributed by atoms with E-state index in [1.165, 1.54) is 11.3 Å². The van der Waals surface area contributed by atoms with E-state index in [9.17, 15) is 4.79 Å². The maximum Gasteiger partial charge on any atom is 0.237 e. The summed E-state index contributed by atoms with van der Waals surface area (Å²) in [5, 5.41) is 3.02. The van der Waals surface area contributed by atoms with Crippen LogP contribution in [0.3, 0.4) is 0 Å². The SMILES string of the molecule is CNC(C)(CCCCN(C)c1ccccc1C)C(N)=O. The quantitative estimate of drug-likeness (QED) is 0.715. The molecule has 1 atom stereocenters. The van der Waals surface area contributed by atoms with Gasteiger partial charge in [-0.05, 0) is 51.8 Å². The molecule has 0 aliphatic rings. The minimum Gasteiger partial charge on any atom is -0.374 e. The number of primary amides is 1. The topological polar surface area (TPSA) is 58.4 Å². The van der Waals surface area contributed by atoms with Gasteiger partial charge in [0.25, 0.3) is 0 Å². The number of hydrogen-bond acceptors (Lipinski definition) is 3. The number of nitrogens with two attached hydrogens (primary N) is 1. The van der Waals surface area contributed by atoms with E-state index in [2.05, 4.69) is 48.5 Å². The van der Waals surface area contributed by atoms with Crippen molar-refractivity contribution in [2.75, 3.05) is 25.5 Å². The van der Waals surface area contributed by atoms with Crippen LogP contribution in [0, 0.1) is 6.92 Å². The molecule has 0 heterocycles. The fourth-order valence-corrected chi connectivity index (χ4v) is 2.31. The fourth-order valence-electron chi connectivity index (χ4n) is 2.31. The predicted molar refractivity (Wildman–Crippen MR) is 85.0 cm³/mol. The maximum atomic E-state index is 11.4. The molecule has 1 aromatic carbocycles. The number of nitrogens with one attached hydrogen (secondary N) is 1.